The molecule has 0 saturated heterocycles. The van der Waals surface area contributed by atoms with Crippen LogP contribution >= 0.6 is 0 Å². The molecule has 2 aliphatic rings. The predicted molar refractivity (Wildman–Crippen MR) is 126 cm³/mol. The Kier molecular flexibility index (Phi) is 7.13. The van der Waals surface area contributed by atoms with Gasteiger partial charge in [0, 0.05) is 11.1 Å². The maximum absolute atomic E-state index is 14.7. The van der Waals surface area contributed by atoms with Crippen LogP contribution in [0.3, 0.4) is 0 Å². The molecule has 2 aromatic carbocycles. The Morgan fingerprint density at radius 2 is 1.23 bits per heavy atom. The Labute approximate surface area is 218 Å². The second-order valence-corrected chi connectivity index (χ2v) is 8.60. The summed E-state index contributed by atoms with van der Waals surface area (Å²) in [4.78, 5) is 0. The molecule has 10 heteroatoms. The fourth-order valence-electron chi connectivity index (χ4n) is 4.74. The zero-order chi connectivity index (χ0) is 28.4. The largest absolute Gasteiger partial charge is 0.203 e. The lowest BCUT2D eigenvalue weighted by atomic mass is 9.86. The van der Waals surface area contributed by atoms with Gasteiger partial charge < -0.3 is 0 Å². The van der Waals surface area contributed by atoms with Gasteiger partial charge in [0.1, 0.15) is 41.5 Å². The summed E-state index contributed by atoms with van der Waals surface area (Å²) in [7, 11) is 0. The molecule has 0 heterocycles. The normalized spacial score (nSPS) is 18.7. The van der Waals surface area contributed by atoms with E-state index >= 15 is 0 Å². The molecule has 0 radical (unpaired) electrons. The van der Waals surface area contributed by atoms with Crippen molar-refractivity contribution in [3.63, 3.8) is 0 Å². The monoisotopic (exact) mass is 525 g/mol. The first-order valence-corrected chi connectivity index (χ1v) is 11.3. The number of halogens is 5. The summed E-state index contributed by atoms with van der Waals surface area (Å²) >= 11 is 0. The maximum atomic E-state index is 14.7. The van der Waals surface area contributed by atoms with Crippen LogP contribution in [0.2, 0.25) is 0 Å². The molecular weight excluding hydrogens is 513 g/mol. The highest BCUT2D eigenvalue weighted by Crippen LogP contribution is 2.57. The first-order chi connectivity index (χ1) is 18.7. The van der Waals surface area contributed by atoms with E-state index in [1.54, 1.807) is 42.5 Å². The minimum absolute atomic E-state index is 0.0720. The molecule has 2 unspecified atom stereocenters. The number of rotatable bonds is 2. The van der Waals surface area contributed by atoms with Crippen LogP contribution in [0.25, 0.3) is 16.7 Å². The molecule has 0 bridgehead atoms. The number of nitrogens with zero attached hydrogens (tertiary/aromatic N) is 5. The zero-order valence-corrected chi connectivity index (χ0v) is 19.7. The van der Waals surface area contributed by atoms with E-state index in [-0.39, 0.29) is 22.6 Å². The minimum Gasteiger partial charge on any atom is -0.203 e. The van der Waals surface area contributed by atoms with Crippen molar-refractivity contribution in [2.75, 3.05) is 0 Å². The molecule has 0 N–H and O–H groups in total. The second kappa shape index (κ2) is 10.5. The number of hydrogen-bond donors (Lipinski definition) is 0. The van der Waals surface area contributed by atoms with Gasteiger partial charge in [-0.15, -0.1) is 0 Å². The molecule has 0 amide bonds. The van der Waals surface area contributed by atoms with E-state index in [0.717, 1.165) is 0 Å². The number of benzene rings is 2. The van der Waals surface area contributed by atoms with Gasteiger partial charge in [-0.25, -0.2) is 22.0 Å². The van der Waals surface area contributed by atoms with Crippen molar-refractivity contribution in [3.05, 3.63) is 98.2 Å². The molecule has 0 spiro atoms. The van der Waals surface area contributed by atoms with Crippen molar-refractivity contribution in [2.24, 2.45) is 11.8 Å². The summed E-state index contributed by atoms with van der Waals surface area (Å²) in [6.45, 7) is 0. The molecule has 1 saturated carbocycles. The summed E-state index contributed by atoms with van der Waals surface area (Å²) < 4.78 is 71.1. The number of nitriles is 5. The van der Waals surface area contributed by atoms with Crippen molar-refractivity contribution in [2.45, 2.75) is 12.8 Å². The first kappa shape index (κ1) is 26.6. The molecule has 5 nitrogen and oxygen atoms in total. The highest BCUT2D eigenvalue weighted by molar-refractivity contribution is 6.02. The van der Waals surface area contributed by atoms with Crippen molar-refractivity contribution < 1.29 is 22.0 Å². The van der Waals surface area contributed by atoms with E-state index in [0.29, 0.717) is 34.4 Å². The third-order valence-electron chi connectivity index (χ3n) is 6.64. The Bertz CT molecular complexity index is 1800. The van der Waals surface area contributed by atoms with Gasteiger partial charge in [0.05, 0.1) is 11.1 Å². The van der Waals surface area contributed by atoms with Gasteiger partial charge in [0.15, 0.2) is 23.3 Å². The molecule has 4 rings (SSSR count). The SMILES string of the molecule is N#CC(C#N)=C1C=CC(C2C(=c3ccc(=C(C#N)C#N)cc3)/C2=C(\C#N)c2c(F)c(F)c(F)c(F)c2F)CC1. The van der Waals surface area contributed by atoms with Gasteiger partial charge in [0.2, 0.25) is 5.82 Å². The minimum atomic E-state index is -2.34. The molecule has 2 aromatic rings. The molecule has 1 fully saturated rings. The smallest absolute Gasteiger partial charge is 0.200 e. The summed E-state index contributed by atoms with van der Waals surface area (Å²) in [5.74, 6) is -12.0. The lowest BCUT2D eigenvalue weighted by Crippen LogP contribution is -2.11. The average Bonchev–Trinajstić information content (AvgIpc) is 3.70. The Hall–Kier alpha value is -5.50. The highest BCUT2D eigenvalue weighted by atomic mass is 19.2. The van der Waals surface area contributed by atoms with Crippen LogP contribution in [0.4, 0.5) is 22.0 Å². The van der Waals surface area contributed by atoms with Crippen LogP contribution in [-0.4, -0.2) is 0 Å². The van der Waals surface area contributed by atoms with E-state index < -0.39 is 46.1 Å². The second-order valence-electron chi connectivity index (χ2n) is 8.60. The topological polar surface area (TPSA) is 119 Å². The lowest BCUT2D eigenvalue weighted by Gasteiger charge is -2.17. The summed E-state index contributed by atoms with van der Waals surface area (Å²) in [6, 6.07) is 14.7. The van der Waals surface area contributed by atoms with E-state index in [1.165, 1.54) is 24.3 Å². The van der Waals surface area contributed by atoms with Crippen molar-refractivity contribution in [1.82, 2.24) is 0 Å². The molecular formula is C29H12F5N5. The van der Waals surface area contributed by atoms with Gasteiger partial charge in [-0.05, 0) is 40.7 Å². The molecule has 2 aliphatic carbocycles. The summed E-state index contributed by atoms with van der Waals surface area (Å²) in [5.41, 5.74) is -1.28. The molecule has 188 valence electrons. The third kappa shape index (κ3) is 4.44. The maximum Gasteiger partial charge on any atom is 0.200 e. The fraction of sp³-hybridized carbons (Fsp3) is 0.138. The van der Waals surface area contributed by atoms with Gasteiger partial charge in [-0.3, -0.25) is 0 Å². The van der Waals surface area contributed by atoms with Crippen molar-refractivity contribution >= 4 is 16.7 Å². The zero-order valence-electron chi connectivity index (χ0n) is 19.7. The predicted octanol–water partition coefficient (Wildman–Crippen LogP) is 4.65. The van der Waals surface area contributed by atoms with Crippen LogP contribution < -0.4 is 10.4 Å². The van der Waals surface area contributed by atoms with Crippen LogP contribution in [0.1, 0.15) is 18.4 Å². The van der Waals surface area contributed by atoms with Crippen LogP contribution in [0.15, 0.2) is 53.1 Å². The summed E-state index contributed by atoms with van der Waals surface area (Å²) in [5, 5.41) is 47.1. The van der Waals surface area contributed by atoms with Gasteiger partial charge >= 0.3 is 0 Å². The third-order valence-corrected chi connectivity index (χ3v) is 6.64. The van der Waals surface area contributed by atoms with E-state index in [1.807, 2.05) is 0 Å². The number of hydrogen-bond acceptors (Lipinski definition) is 5. The van der Waals surface area contributed by atoms with E-state index in [2.05, 4.69) is 0 Å². The van der Waals surface area contributed by atoms with Gasteiger partial charge in [-0.1, -0.05) is 36.4 Å². The highest BCUT2D eigenvalue weighted by Gasteiger charge is 2.47. The lowest BCUT2D eigenvalue weighted by molar-refractivity contribution is 0.376. The summed E-state index contributed by atoms with van der Waals surface area (Å²) in [6.07, 6.45) is 3.91. The van der Waals surface area contributed by atoms with Crippen LogP contribution in [-0.2, 0) is 0 Å². The number of allylic oxidation sites excluding steroid dienone is 6. The van der Waals surface area contributed by atoms with Crippen LogP contribution in [0.5, 0.6) is 0 Å². The van der Waals surface area contributed by atoms with Gasteiger partial charge in [0.25, 0.3) is 0 Å². The van der Waals surface area contributed by atoms with Gasteiger partial charge in [-0.2, -0.15) is 26.3 Å². The first-order valence-electron chi connectivity index (χ1n) is 11.3. The molecule has 2 atom stereocenters. The van der Waals surface area contributed by atoms with E-state index in [4.69, 9.17) is 21.0 Å². The fourth-order valence-corrected chi connectivity index (χ4v) is 4.74. The van der Waals surface area contributed by atoms with Crippen molar-refractivity contribution in [1.29, 1.82) is 26.3 Å². The molecule has 39 heavy (non-hydrogen) atoms. The standard InChI is InChI=1S/C29H12F5N5/c30-25-24(26(31)28(33)29(34)27(25)32)20(13-39)23-21(16-5-1-14(2-6-16)18(9-35)10-36)22(23)17-7-3-15(4-8-17)19(11-37)12-38/h1-3,5-7,17,22H,4,8H2/b23-20-. The quantitative estimate of drug-likeness (QED) is 0.245. The van der Waals surface area contributed by atoms with E-state index in [9.17, 15) is 27.2 Å². The Morgan fingerprint density at radius 1 is 0.692 bits per heavy atom. The van der Waals surface area contributed by atoms with Crippen LogP contribution in [0, 0.1) is 97.6 Å². The Morgan fingerprint density at radius 3 is 1.69 bits per heavy atom. The average molecular weight is 525 g/mol. The molecule has 0 aromatic heterocycles. The van der Waals surface area contributed by atoms with Crippen molar-refractivity contribution in [3.8, 4) is 30.3 Å². The molecule has 0 aliphatic heterocycles. The Balaban J connectivity index is 1.99.